The van der Waals surface area contributed by atoms with Gasteiger partial charge in [0.05, 0.1) is 0 Å². The van der Waals surface area contributed by atoms with Crippen molar-refractivity contribution in [3.8, 4) is 0 Å². The third kappa shape index (κ3) is 14.2. The van der Waals surface area contributed by atoms with Crippen molar-refractivity contribution in [3.05, 3.63) is 23.5 Å². The fraction of sp³-hybridized carbons (Fsp3) is 0.667. The van der Waals surface area contributed by atoms with Crippen LogP contribution in [0, 0.1) is 13.8 Å². The first-order chi connectivity index (χ1) is 6.29. The lowest BCUT2D eigenvalue weighted by Crippen LogP contribution is -1.59. The number of hydrogen-bond acceptors (Lipinski definition) is 0. The Labute approximate surface area is 84.6 Å². The van der Waals surface area contributed by atoms with Crippen molar-refractivity contribution in [2.45, 2.75) is 55.4 Å². The van der Waals surface area contributed by atoms with Crippen LogP contribution in [0.3, 0.4) is 0 Å². The smallest absolute Gasteiger partial charge is 0.0118 e. The first-order valence-corrected chi connectivity index (χ1v) is 5.40. The van der Waals surface area contributed by atoms with Crippen molar-refractivity contribution >= 4 is 0 Å². The molecule has 1 N–H and O–H groups in total. The zero-order valence-electron chi connectivity index (χ0n) is 10.7. The number of aromatic amines is 1. The van der Waals surface area contributed by atoms with E-state index in [1.165, 1.54) is 11.3 Å². The van der Waals surface area contributed by atoms with Crippen molar-refractivity contribution < 1.29 is 0 Å². The molecule has 0 spiro atoms. The van der Waals surface area contributed by atoms with Crippen LogP contribution in [0.4, 0.5) is 0 Å². The highest BCUT2D eigenvalue weighted by Crippen LogP contribution is 1.97. The molecule has 0 saturated carbocycles. The maximum absolute atomic E-state index is 3.07. The maximum atomic E-state index is 3.07. The number of nitrogens with one attached hydrogen (secondary N) is 1. The van der Waals surface area contributed by atoms with E-state index in [0.29, 0.717) is 0 Å². The molecule has 0 bridgehead atoms. The van der Waals surface area contributed by atoms with Crippen LogP contribution in [-0.2, 0) is 0 Å². The zero-order chi connectivity index (χ0) is 11.3. The molecule has 80 valence electrons. The van der Waals surface area contributed by atoms with Crippen LogP contribution >= 0.6 is 0 Å². The first kappa shape index (κ1) is 18.1. The Morgan fingerprint density at radius 2 is 1.23 bits per heavy atom. The van der Waals surface area contributed by atoms with Gasteiger partial charge in [-0.05, 0) is 25.5 Å². The lowest BCUT2D eigenvalue weighted by Gasteiger charge is -1.71. The van der Waals surface area contributed by atoms with Crippen LogP contribution < -0.4 is 0 Å². The molecule has 1 nitrogen and oxygen atoms in total. The van der Waals surface area contributed by atoms with E-state index in [-0.39, 0.29) is 0 Å². The average molecular weight is 185 g/mol. The molecule has 0 amide bonds. The van der Waals surface area contributed by atoms with Gasteiger partial charge in [0, 0.05) is 11.9 Å². The monoisotopic (exact) mass is 185 g/mol. The van der Waals surface area contributed by atoms with Crippen LogP contribution in [0.25, 0.3) is 0 Å². The summed E-state index contributed by atoms with van der Waals surface area (Å²) < 4.78 is 0. The normalized spacial score (nSPS) is 6.46. The van der Waals surface area contributed by atoms with Gasteiger partial charge < -0.3 is 4.98 Å². The van der Waals surface area contributed by atoms with Crippen LogP contribution in [0.5, 0.6) is 0 Å². The first-order valence-electron chi connectivity index (χ1n) is 5.40. The van der Waals surface area contributed by atoms with Gasteiger partial charge >= 0.3 is 0 Å². The van der Waals surface area contributed by atoms with Gasteiger partial charge in [-0.3, -0.25) is 0 Å². The van der Waals surface area contributed by atoms with Crippen molar-refractivity contribution in [1.82, 2.24) is 4.98 Å². The second kappa shape index (κ2) is 17.4. The largest absolute Gasteiger partial charge is 0.365 e. The second-order valence-electron chi connectivity index (χ2n) is 1.86. The Bertz CT molecular complexity index is 137. The molecule has 0 radical (unpaired) electrons. The maximum Gasteiger partial charge on any atom is 0.0118 e. The number of aryl methyl sites for hydroxylation is 2. The van der Waals surface area contributed by atoms with Gasteiger partial charge in [-0.25, -0.2) is 0 Å². The molecule has 0 unspecified atom stereocenters. The average Bonchev–Trinajstić information content (AvgIpc) is 2.60. The number of hydrogen-bond donors (Lipinski definition) is 1. The minimum absolute atomic E-state index is 1.23. The summed E-state index contributed by atoms with van der Waals surface area (Å²) in [6.45, 7) is 16.1. The molecule has 1 aromatic rings. The molecular weight excluding hydrogens is 158 g/mol. The summed E-state index contributed by atoms with van der Waals surface area (Å²) in [5.74, 6) is 0. The van der Waals surface area contributed by atoms with Crippen molar-refractivity contribution in [3.63, 3.8) is 0 Å². The van der Waals surface area contributed by atoms with E-state index in [1.807, 2.05) is 54.7 Å². The number of H-pyrrole nitrogens is 1. The lowest BCUT2D eigenvalue weighted by atomic mass is 10.4. The van der Waals surface area contributed by atoms with Crippen molar-refractivity contribution in [2.75, 3.05) is 0 Å². The Hall–Kier alpha value is -0.720. The van der Waals surface area contributed by atoms with Gasteiger partial charge in [0.25, 0.3) is 0 Å². The summed E-state index contributed by atoms with van der Waals surface area (Å²) in [6.07, 6.45) is 2.00. The van der Waals surface area contributed by atoms with E-state index in [4.69, 9.17) is 0 Å². The Kier molecular flexibility index (Phi) is 24.3. The molecule has 0 saturated heterocycles. The number of aromatic nitrogens is 1. The molecule has 0 aliphatic rings. The van der Waals surface area contributed by atoms with Gasteiger partial charge in [0.1, 0.15) is 0 Å². The quantitative estimate of drug-likeness (QED) is 0.602. The second-order valence-corrected chi connectivity index (χ2v) is 1.86. The van der Waals surface area contributed by atoms with Gasteiger partial charge in [-0.1, -0.05) is 41.5 Å². The standard InChI is InChI=1S/C6H9N.3C2H6/c1-5-3-6(2)7-4-5;3*1-2/h3-4,7H,1-2H3;3*1-2H3. The molecule has 0 aliphatic carbocycles. The summed E-state index contributed by atoms with van der Waals surface area (Å²) in [4.78, 5) is 3.07. The van der Waals surface area contributed by atoms with Gasteiger partial charge in [0.15, 0.2) is 0 Å². The van der Waals surface area contributed by atoms with Crippen LogP contribution in [0.2, 0.25) is 0 Å². The van der Waals surface area contributed by atoms with E-state index in [2.05, 4.69) is 18.0 Å². The molecule has 0 fully saturated rings. The highest BCUT2D eigenvalue weighted by molar-refractivity contribution is 5.12. The van der Waals surface area contributed by atoms with E-state index < -0.39 is 0 Å². The number of rotatable bonds is 0. The minimum atomic E-state index is 1.23. The van der Waals surface area contributed by atoms with Crippen molar-refractivity contribution in [1.29, 1.82) is 0 Å². The lowest BCUT2D eigenvalue weighted by molar-refractivity contribution is 1.26. The molecule has 0 atom stereocenters. The predicted octanol–water partition coefficient (Wildman–Crippen LogP) is 4.71. The van der Waals surface area contributed by atoms with Gasteiger partial charge in [0.2, 0.25) is 0 Å². The highest BCUT2D eigenvalue weighted by Gasteiger charge is 1.82. The molecular formula is C12H27N. The molecule has 1 aromatic heterocycles. The van der Waals surface area contributed by atoms with E-state index in [1.54, 1.807) is 0 Å². The van der Waals surface area contributed by atoms with Crippen LogP contribution in [0.15, 0.2) is 12.3 Å². The van der Waals surface area contributed by atoms with E-state index in [9.17, 15) is 0 Å². The topological polar surface area (TPSA) is 15.8 Å². The van der Waals surface area contributed by atoms with Gasteiger partial charge in [-0.2, -0.15) is 0 Å². The predicted molar refractivity (Wildman–Crippen MR) is 64.3 cm³/mol. The third-order valence-corrected chi connectivity index (χ3v) is 0.972. The Balaban J connectivity index is -0.000000144. The molecule has 1 heteroatoms. The molecule has 0 aliphatic heterocycles. The molecule has 1 heterocycles. The van der Waals surface area contributed by atoms with E-state index >= 15 is 0 Å². The highest BCUT2D eigenvalue weighted by atomic mass is 14.7. The molecule has 0 aromatic carbocycles. The fourth-order valence-electron chi connectivity index (χ4n) is 0.653. The van der Waals surface area contributed by atoms with E-state index in [0.717, 1.165) is 0 Å². The van der Waals surface area contributed by atoms with Crippen molar-refractivity contribution in [2.24, 2.45) is 0 Å². The molecule has 1 rings (SSSR count). The van der Waals surface area contributed by atoms with Crippen LogP contribution in [-0.4, -0.2) is 4.98 Å². The fourth-order valence-corrected chi connectivity index (χ4v) is 0.653. The summed E-state index contributed by atoms with van der Waals surface area (Å²) in [5.41, 5.74) is 2.54. The van der Waals surface area contributed by atoms with Gasteiger partial charge in [-0.15, -0.1) is 0 Å². The summed E-state index contributed by atoms with van der Waals surface area (Å²) >= 11 is 0. The SMILES string of the molecule is CC.CC.CC.Cc1c[nH]c(C)c1. The minimum Gasteiger partial charge on any atom is -0.365 e. The Morgan fingerprint density at radius 3 is 1.31 bits per heavy atom. The zero-order valence-corrected chi connectivity index (χ0v) is 10.7. The summed E-state index contributed by atoms with van der Waals surface area (Å²) in [5, 5.41) is 0. The Morgan fingerprint density at radius 1 is 0.846 bits per heavy atom. The molecule has 13 heavy (non-hydrogen) atoms. The summed E-state index contributed by atoms with van der Waals surface area (Å²) in [6, 6.07) is 2.11. The summed E-state index contributed by atoms with van der Waals surface area (Å²) in [7, 11) is 0. The van der Waals surface area contributed by atoms with Crippen LogP contribution in [0.1, 0.15) is 52.8 Å². The third-order valence-electron chi connectivity index (χ3n) is 0.972.